The number of likely N-dealkylation sites (N-methyl/N-ethyl adjacent to an activating group) is 1. The highest BCUT2D eigenvalue weighted by atomic mass is 16.2. The lowest BCUT2D eigenvalue weighted by Crippen LogP contribution is -2.50. The van der Waals surface area contributed by atoms with Gasteiger partial charge in [0.1, 0.15) is 0 Å². The van der Waals surface area contributed by atoms with Crippen molar-refractivity contribution in [3.8, 4) is 0 Å². The maximum atomic E-state index is 12.3. The summed E-state index contributed by atoms with van der Waals surface area (Å²) < 4.78 is 0. The monoisotopic (exact) mass is 401 g/mol. The number of aryl methyl sites for hydroxylation is 1. The van der Waals surface area contributed by atoms with Crippen LogP contribution in [0.25, 0.3) is 0 Å². The zero-order valence-electron chi connectivity index (χ0n) is 18.2. The molecule has 7 heteroatoms. The Bertz CT molecular complexity index is 728. The molecule has 29 heavy (non-hydrogen) atoms. The highest BCUT2D eigenvalue weighted by molar-refractivity contribution is 6.35. The lowest BCUT2D eigenvalue weighted by Gasteiger charge is -2.39. The summed E-state index contributed by atoms with van der Waals surface area (Å²) in [4.78, 5) is 31.3. The molecule has 2 aliphatic rings. The van der Waals surface area contributed by atoms with Gasteiger partial charge in [-0.05, 0) is 50.9 Å². The summed E-state index contributed by atoms with van der Waals surface area (Å²) in [6, 6.07) is 6.70. The number of piperazine rings is 1. The molecule has 1 saturated heterocycles. The molecule has 1 atom stereocenters. The third kappa shape index (κ3) is 5.48. The molecule has 0 spiro atoms. The van der Waals surface area contributed by atoms with Gasteiger partial charge in [0.2, 0.25) is 0 Å². The van der Waals surface area contributed by atoms with Crippen molar-refractivity contribution >= 4 is 17.5 Å². The molecule has 0 bridgehead atoms. The summed E-state index contributed by atoms with van der Waals surface area (Å²) in [7, 11) is 4.28. The zero-order chi connectivity index (χ0) is 21.0. The van der Waals surface area contributed by atoms with E-state index >= 15 is 0 Å². The Morgan fingerprint density at radius 2 is 1.76 bits per heavy atom. The van der Waals surface area contributed by atoms with Crippen LogP contribution < -0.4 is 15.5 Å². The molecular formula is C22H35N5O2. The van der Waals surface area contributed by atoms with Crippen LogP contribution in [0.2, 0.25) is 0 Å². The SMILES string of the molecule is CC(C)NC(=O)C(=O)NC[C@H](c1ccc2c(c1)CCCN2C)N1CCN(C)CC1. The van der Waals surface area contributed by atoms with Crippen molar-refractivity contribution in [2.45, 2.75) is 38.8 Å². The zero-order valence-corrected chi connectivity index (χ0v) is 18.2. The van der Waals surface area contributed by atoms with E-state index in [2.05, 4.69) is 57.6 Å². The number of hydrogen-bond donors (Lipinski definition) is 2. The van der Waals surface area contributed by atoms with Gasteiger partial charge < -0.3 is 20.4 Å². The molecule has 2 heterocycles. The van der Waals surface area contributed by atoms with Gasteiger partial charge in [-0.25, -0.2) is 0 Å². The maximum Gasteiger partial charge on any atom is 0.309 e. The molecule has 160 valence electrons. The number of amides is 2. The maximum absolute atomic E-state index is 12.3. The molecule has 2 aliphatic heterocycles. The van der Waals surface area contributed by atoms with Gasteiger partial charge in [-0.3, -0.25) is 14.5 Å². The van der Waals surface area contributed by atoms with Gasteiger partial charge in [0.25, 0.3) is 0 Å². The fourth-order valence-corrected chi connectivity index (χ4v) is 4.20. The Morgan fingerprint density at radius 1 is 1.03 bits per heavy atom. The van der Waals surface area contributed by atoms with Crippen LogP contribution in [0.3, 0.4) is 0 Å². The molecule has 7 nitrogen and oxygen atoms in total. The second-order valence-corrected chi connectivity index (χ2v) is 8.61. The van der Waals surface area contributed by atoms with Gasteiger partial charge in [-0.15, -0.1) is 0 Å². The Balaban J connectivity index is 1.76. The third-order valence-corrected chi connectivity index (χ3v) is 5.90. The standard InChI is InChI=1S/C22H35N5O2/c1-16(2)24-22(29)21(28)23-15-20(27-12-10-25(3)11-13-27)18-7-8-19-17(14-18)6-5-9-26(19)4/h7-8,14,16,20H,5-6,9-13,15H2,1-4H3,(H,23,28)(H,24,29)/t20-/m1/s1. The van der Waals surface area contributed by atoms with Crippen molar-refractivity contribution in [1.29, 1.82) is 0 Å². The third-order valence-electron chi connectivity index (χ3n) is 5.90. The largest absolute Gasteiger partial charge is 0.374 e. The van der Waals surface area contributed by atoms with Crippen LogP contribution in [0.4, 0.5) is 5.69 Å². The second-order valence-electron chi connectivity index (χ2n) is 8.61. The van der Waals surface area contributed by atoms with Gasteiger partial charge in [0, 0.05) is 58.0 Å². The van der Waals surface area contributed by atoms with E-state index in [9.17, 15) is 9.59 Å². The Hall–Kier alpha value is -2.12. The van der Waals surface area contributed by atoms with E-state index in [0.717, 1.165) is 45.6 Å². The molecule has 0 radical (unpaired) electrons. The minimum atomic E-state index is -0.566. The predicted octanol–water partition coefficient (Wildman–Crippen LogP) is 0.998. The van der Waals surface area contributed by atoms with E-state index in [4.69, 9.17) is 0 Å². The Kier molecular flexibility index (Phi) is 7.14. The summed E-state index contributed by atoms with van der Waals surface area (Å²) in [5.41, 5.74) is 3.89. The number of fused-ring (bicyclic) bond motifs is 1. The molecule has 2 N–H and O–H groups in total. The van der Waals surface area contributed by atoms with Crippen LogP contribution in [0.15, 0.2) is 18.2 Å². The number of carbonyl (C=O) groups excluding carboxylic acids is 2. The molecule has 3 rings (SSSR count). The summed E-state index contributed by atoms with van der Waals surface area (Å²) in [6.07, 6.45) is 2.25. The van der Waals surface area contributed by atoms with Crippen molar-refractivity contribution in [1.82, 2.24) is 20.4 Å². The van der Waals surface area contributed by atoms with Crippen LogP contribution in [0, 0.1) is 0 Å². The van der Waals surface area contributed by atoms with Gasteiger partial charge >= 0.3 is 11.8 Å². The first-order chi connectivity index (χ1) is 13.8. The molecule has 1 aromatic rings. The second kappa shape index (κ2) is 9.59. The first-order valence-electron chi connectivity index (χ1n) is 10.7. The number of nitrogens with one attached hydrogen (secondary N) is 2. The fraction of sp³-hybridized carbons (Fsp3) is 0.636. The first-order valence-corrected chi connectivity index (χ1v) is 10.7. The van der Waals surface area contributed by atoms with Crippen molar-refractivity contribution in [2.75, 3.05) is 58.3 Å². The van der Waals surface area contributed by atoms with Gasteiger partial charge in [0.15, 0.2) is 0 Å². The molecule has 0 unspecified atom stereocenters. The van der Waals surface area contributed by atoms with Gasteiger partial charge in [0.05, 0.1) is 6.04 Å². The van der Waals surface area contributed by atoms with Crippen LogP contribution in [0.1, 0.15) is 37.4 Å². The van der Waals surface area contributed by atoms with Crippen molar-refractivity contribution in [3.05, 3.63) is 29.3 Å². The molecular weight excluding hydrogens is 366 g/mol. The number of anilines is 1. The average Bonchev–Trinajstić information content (AvgIpc) is 2.69. The Labute approximate surface area is 174 Å². The first kappa shape index (κ1) is 21.6. The summed E-state index contributed by atoms with van der Waals surface area (Å²) in [5.74, 6) is -1.13. The van der Waals surface area contributed by atoms with Crippen LogP contribution >= 0.6 is 0 Å². The van der Waals surface area contributed by atoms with E-state index < -0.39 is 11.8 Å². The molecule has 0 aromatic heterocycles. The van der Waals surface area contributed by atoms with Gasteiger partial charge in [-0.2, -0.15) is 0 Å². The summed E-state index contributed by atoms with van der Waals surface area (Å²) in [5, 5.41) is 5.53. The Morgan fingerprint density at radius 3 is 2.45 bits per heavy atom. The molecule has 2 amide bonds. The predicted molar refractivity (Wildman–Crippen MR) is 116 cm³/mol. The number of carbonyl (C=O) groups is 2. The van der Waals surface area contributed by atoms with Crippen LogP contribution in [-0.2, 0) is 16.0 Å². The normalized spacial score (nSPS) is 19.0. The van der Waals surface area contributed by atoms with Crippen molar-refractivity contribution < 1.29 is 9.59 Å². The summed E-state index contributed by atoms with van der Waals surface area (Å²) in [6.45, 7) is 9.14. The number of rotatable bonds is 5. The molecule has 0 aliphatic carbocycles. The number of benzene rings is 1. The highest BCUT2D eigenvalue weighted by Gasteiger charge is 2.27. The molecule has 1 aromatic carbocycles. The minimum Gasteiger partial charge on any atom is -0.374 e. The van der Waals surface area contributed by atoms with Crippen molar-refractivity contribution in [3.63, 3.8) is 0 Å². The number of hydrogen-bond acceptors (Lipinski definition) is 5. The van der Waals surface area contributed by atoms with Gasteiger partial charge in [-0.1, -0.05) is 12.1 Å². The van der Waals surface area contributed by atoms with Crippen LogP contribution in [0.5, 0.6) is 0 Å². The number of nitrogens with zero attached hydrogens (tertiary/aromatic N) is 3. The van der Waals surface area contributed by atoms with E-state index in [-0.39, 0.29) is 12.1 Å². The van der Waals surface area contributed by atoms with E-state index in [1.54, 1.807) is 0 Å². The van der Waals surface area contributed by atoms with Crippen LogP contribution in [-0.4, -0.2) is 81.0 Å². The van der Waals surface area contributed by atoms with E-state index in [1.807, 2.05) is 13.8 Å². The summed E-state index contributed by atoms with van der Waals surface area (Å²) >= 11 is 0. The van der Waals surface area contributed by atoms with Crippen molar-refractivity contribution in [2.24, 2.45) is 0 Å². The van der Waals surface area contributed by atoms with E-state index in [0.29, 0.717) is 6.54 Å². The highest BCUT2D eigenvalue weighted by Crippen LogP contribution is 2.31. The topological polar surface area (TPSA) is 67.9 Å². The smallest absolute Gasteiger partial charge is 0.309 e. The fourth-order valence-electron chi connectivity index (χ4n) is 4.20. The minimum absolute atomic E-state index is 0.0562. The quantitative estimate of drug-likeness (QED) is 0.721. The lowest BCUT2D eigenvalue weighted by atomic mass is 9.95. The average molecular weight is 402 g/mol. The molecule has 0 saturated carbocycles. The molecule has 1 fully saturated rings. The lowest BCUT2D eigenvalue weighted by molar-refractivity contribution is -0.139. The van der Waals surface area contributed by atoms with E-state index in [1.165, 1.54) is 16.8 Å².